The molecule has 1 fully saturated rings. The van der Waals surface area contributed by atoms with Gasteiger partial charge in [-0.15, -0.1) is 0 Å². The summed E-state index contributed by atoms with van der Waals surface area (Å²) in [6.07, 6.45) is -0.500. The van der Waals surface area contributed by atoms with Gasteiger partial charge in [0, 0.05) is 32.8 Å². The number of piperazine rings is 1. The quantitative estimate of drug-likeness (QED) is 0.701. The summed E-state index contributed by atoms with van der Waals surface area (Å²) in [4.78, 5) is 28.1. The van der Waals surface area contributed by atoms with Gasteiger partial charge >= 0.3 is 0 Å². The van der Waals surface area contributed by atoms with E-state index in [2.05, 4.69) is 0 Å². The van der Waals surface area contributed by atoms with Gasteiger partial charge in [-0.3, -0.25) is 9.59 Å². The molecule has 0 saturated carbocycles. The van der Waals surface area contributed by atoms with E-state index in [9.17, 15) is 9.59 Å². The molecule has 2 rings (SSSR count). The monoisotopic (exact) mass is 338 g/mol. The summed E-state index contributed by atoms with van der Waals surface area (Å²) in [5, 5.41) is 0. The molecule has 0 unspecified atom stereocenters. The molecule has 2 heterocycles. The standard InChI is InChI=1S/C17H26N2O5/c1-4-22-11-12-23-14(3)16(20)18-7-9-19(10-8-18)17(21)15-6-5-13(2)24-15/h5-6,14H,4,7-12H2,1-3H3/t14-/m1/s1. The van der Waals surface area contributed by atoms with Crippen LogP contribution in [0, 0.1) is 6.92 Å². The molecule has 1 aromatic rings. The van der Waals surface area contributed by atoms with Crippen LogP contribution in [0.15, 0.2) is 16.5 Å². The van der Waals surface area contributed by atoms with Crippen molar-refractivity contribution in [3.05, 3.63) is 23.7 Å². The molecule has 7 heteroatoms. The van der Waals surface area contributed by atoms with Gasteiger partial charge in [-0.1, -0.05) is 0 Å². The zero-order valence-corrected chi connectivity index (χ0v) is 14.6. The van der Waals surface area contributed by atoms with Crippen molar-refractivity contribution in [2.75, 3.05) is 46.0 Å². The lowest BCUT2D eigenvalue weighted by Gasteiger charge is -2.35. The van der Waals surface area contributed by atoms with E-state index in [-0.39, 0.29) is 11.8 Å². The van der Waals surface area contributed by atoms with Crippen molar-refractivity contribution in [1.82, 2.24) is 9.80 Å². The van der Waals surface area contributed by atoms with Gasteiger partial charge in [-0.25, -0.2) is 0 Å². The van der Waals surface area contributed by atoms with E-state index in [0.29, 0.717) is 57.5 Å². The zero-order chi connectivity index (χ0) is 17.5. The lowest BCUT2D eigenvalue weighted by atomic mass is 10.2. The molecule has 1 atom stereocenters. The van der Waals surface area contributed by atoms with Crippen LogP contribution in [0.4, 0.5) is 0 Å². The number of ether oxygens (including phenoxy) is 2. The first kappa shape index (κ1) is 18.5. The summed E-state index contributed by atoms with van der Waals surface area (Å²) >= 11 is 0. The number of hydrogen-bond donors (Lipinski definition) is 0. The SMILES string of the molecule is CCOCCO[C@H](C)C(=O)N1CCN(C(=O)c2ccc(C)o2)CC1. The molecular formula is C17H26N2O5. The molecule has 0 aliphatic carbocycles. The van der Waals surface area contributed by atoms with E-state index in [1.807, 2.05) is 6.92 Å². The number of hydrogen-bond acceptors (Lipinski definition) is 5. The summed E-state index contributed by atoms with van der Waals surface area (Å²) in [5.41, 5.74) is 0. The van der Waals surface area contributed by atoms with Crippen LogP contribution < -0.4 is 0 Å². The van der Waals surface area contributed by atoms with Gasteiger partial charge in [0.15, 0.2) is 5.76 Å². The Morgan fingerprint density at radius 1 is 1.17 bits per heavy atom. The number of rotatable bonds is 7. The Morgan fingerprint density at radius 3 is 2.42 bits per heavy atom. The Hall–Kier alpha value is -1.86. The Labute approximate surface area is 142 Å². The van der Waals surface area contributed by atoms with Crippen LogP contribution in [0.1, 0.15) is 30.2 Å². The first-order valence-electron chi connectivity index (χ1n) is 8.36. The van der Waals surface area contributed by atoms with Crippen LogP contribution in [0.5, 0.6) is 0 Å². The van der Waals surface area contributed by atoms with E-state index in [0.717, 1.165) is 0 Å². The molecule has 1 saturated heterocycles. The van der Waals surface area contributed by atoms with Crippen LogP contribution in [0.2, 0.25) is 0 Å². The maximum Gasteiger partial charge on any atom is 0.289 e. The maximum absolute atomic E-state index is 12.3. The van der Waals surface area contributed by atoms with E-state index in [1.165, 1.54) is 0 Å². The average molecular weight is 338 g/mol. The zero-order valence-electron chi connectivity index (χ0n) is 14.6. The highest BCUT2D eigenvalue weighted by Gasteiger charge is 2.28. The topological polar surface area (TPSA) is 72.2 Å². The predicted octanol–water partition coefficient (Wildman–Crippen LogP) is 1.31. The van der Waals surface area contributed by atoms with Gasteiger partial charge in [-0.05, 0) is 32.9 Å². The van der Waals surface area contributed by atoms with E-state index in [1.54, 1.807) is 35.8 Å². The molecule has 0 bridgehead atoms. The average Bonchev–Trinajstić information content (AvgIpc) is 3.04. The molecule has 0 radical (unpaired) electrons. The molecule has 134 valence electrons. The molecule has 1 aliphatic heterocycles. The minimum Gasteiger partial charge on any atom is -0.456 e. The lowest BCUT2D eigenvalue weighted by Crippen LogP contribution is -2.52. The first-order chi connectivity index (χ1) is 11.5. The van der Waals surface area contributed by atoms with Crippen LogP contribution in [0.3, 0.4) is 0 Å². The minimum absolute atomic E-state index is 0.0487. The molecule has 0 aromatic carbocycles. The van der Waals surface area contributed by atoms with E-state index >= 15 is 0 Å². The van der Waals surface area contributed by atoms with Crippen molar-refractivity contribution < 1.29 is 23.5 Å². The fraction of sp³-hybridized carbons (Fsp3) is 0.647. The summed E-state index contributed by atoms with van der Waals surface area (Å²) in [5.74, 6) is 0.883. The summed E-state index contributed by atoms with van der Waals surface area (Å²) in [6, 6.07) is 3.46. The second-order valence-corrected chi connectivity index (χ2v) is 5.74. The van der Waals surface area contributed by atoms with Gasteiger partial charge < -0.3 is 23.7 Å². The van der Waals surface area contributed by atoms with Gasteiger partial charge in [0.25, 0.3) is 11.8 Å². The van der Waals surface area contributed by atoms with Crippen LogP contribution in [0.25, 0.3) is 0 Å². The summed E-state index contributed by atoms with van der Waals surface area (Å²) < 4.78 is 16.1. The Kier molecular flexibility index (Phi) is 6.81. The van der Waals surface area contributed by atoms with Gasteiger partial charge in [0.05, 0.1) is 13.2 Å². The summed E-state index contributed by atoms with van der Waals surface area (Å²) in [7, 11) is 0. The van der Waals surface area contributed by atoms with Crippen LogP contribution in [-0.2, 0) is 14.3 Å². The largest absolute Gasteiger partial charge is 0.456 e. The molecular weight excluding hydrogens is 312 g/mol. The predicted molar refractivity (Wildman–Crippen MR) is 87.8 cm³/mol. The molecule has 0 spiro atoms. The van der Waals surface area contributed by atoms with Crippen molar-refractivity contribution in [3.8, 4) is 0 Å². The Bertz CT molecular complexity index is 549. The Morgan fingerprint density at radius 2 is 1.83 bits per heavy atom. The second kappa shape index (κ2) is 8.84. The second-order valence-electron chi connectivity index (χ2n) is 5.74. The highest BCUT2D eigenvalue weighted by Crippen LogP contribution is 2.13. The van der Waals surface area contributed by atoms with Crippen molar-refractivity contribution in [3.63, 3.8) is 0 Å². The number of nitrogens with zero attached hydrogens (tertiary/aromatic N) is 2. The van der Waals surface area contributed by atoms with Gasteiger partial charge in [0.1, 0.15) is 11.9 Å². The van der Waals surface area contributed by atoms with Crippen LogP contribution >= 0.6 is 0 Å². The highest BCUT2D eigenvalue weighted by molar-refractivity contribution is 5.91. The van der Waals surface area contributed by atoms with Gasteiger partial charge in [0.2, 0.25) is 0 Å². The third kappa shape index (κ3) is 4.82. The molecule has 1 aliphatic rings. The summed E-state index contributed by atoms with van der Waals surface area (Å²) in [6.45, 7) is 8.99. The van der Waals surface area contributed by atoms with Crippen LogP contribution in [-0.4, -0.2) is 73.7 Å². The number of furan rings is 1. The highest BCUT2D eigenvalue weighted by atomic mass is 16.5. The lowest BCUT2D eigenvalue weighted by molar-refractivity contribution is -0.145. The third-order valence-corrected chi connectivity index (χ3v) is 3.98. The Balaban J connectivity index is 1.77. The third-order valence-electron chi connectivity index (χ3n) is 3.98. The fourth-order valence-corrected chi connectivity index (χ4v) is 2.59. The normalized spacial score (nSPS) is 16.3. The molecule has 24 heavy (non-hydrogen) atoms. The number of amides is 2. The van der Waals surface area contributed by atoms with Crippen molar-refractivity contribution in [2.45, 2.75) is 26.9 Å². The number of carbonyl (C=O) groups excluding carboxylic acids is 2. The first-order valence-corrected chi connectivity index (χ1v) is 8.36. The number of aryl methyl sites for hydroxylation is 1. The van der Waals surface area contributed by atoms with Crippen molar-refractivity contribution in [1.29, 1.82) is 0 Å². The van der Waals surface area contributed by atoms with Crippen molar-refractivity contribution in [2.24, 2.45) is 0 Å². The maximum atomic E-state index is 12.3. The fourth-order valence-electron chi connectivity index (χ4n) is 2.59. The van der Waals surface area contributed by atoms with E-state index in [4.69, 9.17) is 13.9 Å². The minimum atomic E-state index is -0.500. The molecule has 7 nitrogen and oxygen atoms in total. The smallest absolute Gasteiger partial charge is 0.289 e. The van der Waals surface area contributed by atoms with Crippen molar-refractivity contribution >= 4 is 11.8 Å². The molecule has 0 N–H and O–H groups in total. The van der Waals surface area contributed by atoms with Gasteiger partial charge in [-0.2, -0.15) is 0 Å². The number of carbonyl (C=O) groups is 2. The molecule has 1 aromatic heterocycles. The molecule has 2 amide bonds. The van der Waals surface area contributed by atoms with E-state index < -0.39 is 6.10 Å².